The molecule has 6 atom stereocenters. The van der Waals surface area contributed by atoms with Crippen LogP contribution in [0.25, 0.3) is 0 Å². The zero-order valence-corrected chi connectivity index (χ0v) is 29.6. The maximum Gasteiger partial charge on any atom is 0.0733 e. The minimum atomic E-state index is 0.0248. The zero-order chi connectivity index (χ0) is 30.0. The lowest BCUT2D eigenvalue weighted by atomic mass is 9.63. The largest absolute Gasteiger partial charge is 0.376 e. The molecule has 4 aromatic rings. The van der Waals surface area contributed by atoms with Crippen LogP contribution in [0.15, 0.2) is 121 Å². The number of benzene rings is 4. The highest BCUT2D eigenvalue weighted by atomic mass is 127. The second-order valence-electron chi connectivity index (χ2n) is 13.1. The van der Waals surface area contributed by atoms with Crippen molar-refractivity contribution in [2.24, 2.45) is 11.8 Å². The summed E-state index contributed by atoms with van der Waals surface area (Å²) in [6.07, 6.45) is 8.56. The first-order valence-electron chi connectivity index (χ1n) is 16.4. The average Bonchev–Trinajstić information content (AvgIpc) is 3.69. The second kappa shape index (κ2) is 13.5. The Labute approximate surface area is 290 Å². The second-order valence-corrected chi connectivity index (χ2v) is 16.3. The van der Waals surface area contributed by atoms with E-state index in [-0.39, 0.29) is 10.8 Å². The molecule has 0 N–H and O–H groups in total. The first-order valence-corrected chi connectivity index (χ1v) is 18.9. The molecule has 4 heteroatoms. The highest BCUT2D eigenvalue weighted by molar-refractivity contribution is 14.1. The van der Waals surface area contributed by atoms with Crippen LogP contribution in [0.1, 0.15) is 60.8 Å². The van der Waals surface area contributed by atoms with Gasteiger partial charge in [0.2, 0.25) is 0 Å². The molecule has 2 nitrogen and oxygen atoms in total. The van der Waals surface area contributed by atoms with E-state index in [4.69, 9.17) is 9.47 Å². The van der Waals surface area contributed by atoms with Crippen molar-refractivity contribution in [3.05, 3.63) is 144 Å². The van der Waals surface area contributed by atoms with Crippen LogP contribution in [0, 0.1) is 11.8 Å². The van der Waals surface area contributed by atoms with Crippen molar-refractivity contribution in [1.29, 1.82) is 0 Å². The maximum absolute atomic E-state index is 6.39. The molecule has 0 radical (unpaired) electrons. The van der Waals surface area contributed by atoms with E-state index in [9.17, 15) is 0 Å². The molecular formula is C40H42I2O2. The van der Waals surface area contributed by atoms with E-state index >= 15 is 0 Å². The Morgan fingerprint density at radius 2 is 0.727 bits per heavy atom. The van der Waals surface area contributed by atoms with Crippen molar-refractivity contribution in [2.45, 2.75) is 69.4 Å². The topological polar surface area (TPSA) is 18.5 Å². The van der Waals surface area contributed by atoms with Gasteiger partial charge in [-0.15, -0.1) is 0 Å². The van der Waals surface area contributed by atoms with Crippen LogP contribution in [0.5, 0.6) is 0 Å². The molecule has 0 unspecified atom stereocenters. The summed E-state index contributed by atoms with van der Waals surface area (Å²) in [4.78, 5) is 0. The molecule has 8 rings (SSSR count). The van der Waals surface area contributed by atoms with Gasteiger partial charge in [0.25, 0.3) is 0 Å². The van der Waals surface area contributed by atoms with Crippen molar-refractivity contribution in [3.63, 3.8) is 0 Å². The number of hydrogen-bond donors (Lipinski definition) is 0. The maximum atomic E-state index is 6.39. The SMILES string of the molecule is I[C@@H]1CCC[C@@H]2[C@H]1OCC2(c1ccccc1)c1ccccc1.I[C@H]1CCC[C@H]2[C@@H]1OCC2(c1ccccc1)c1ccccc1. The van der Waals surface area contributed by atoms with E-state index < -0.39 is 0 Å². The third kappa shape index (κ3) is 5.50. The number of hydrogen-bond acceptors (Lipinski definition) is 2. The summed E-state index contributed by atoms with van der Waals surface area (Å²) in [5.74, 6) is 1.18. The molecular weight excluding hydrogens is 766 g/mol. The van der Waals surface area contributed by atoms with Crippen molar-refractivity contribution < 1.29 is 9.47 Å². The van der Waals surface area contributed by atoms with Crippen LogP contribution < -0.4 is 0 Å². The van der Waals surface area contributed by atoms with Gasteiger partial charge in [-0.25, -0.2) is 0 Å². The summed E-state index contributed by atoms with van der Waals surface area (Å²) in [6.45, 7) is 1.63. The lowest BCUT2D eigenvalue weighted by molar-refractivity contribution is 0.0755. The molecule has 2 aliphatic heterocycles. The van der Waals surface area contributed by atoms with Crippen LogP contribution in [0.2, 0.25) is 0 Å². The molecule has 0 aromatic heterocycles. The van der Waals surface area contributed by atoms with Gasteiger partial charge in [-0.2, -0.15) is 0 Å². The summed E-state index contributed by atoms with van der Waals surface area (Å²) in [6, 6.07) is 44.0. The molecule has 2 saturated heterocycles. The Morgan fingerprint density at radius 3 is 1.02 bits per heavy atom. The molecule has 0 bridgehead atoms. The molecule has 0 amide bonds. The van der Waals surface area contributed by atoms with Crippen LogP contribution in [0.3, 0.4) is 0 Å². The first-order chi connectivity index (χ1) is 21.6. The number of alkyl halides is 2. The Morgan fingerprint density at radius 1 is 0.432 bits per heavy atom. The lowest BCUT2D eigenvalue weighted by Gasteiger charge is -2.40. The summed E-state index contributed by atoms with van der Waals surface area (Å²) < 4.78 is 14.1. The number of halogens is 2. The predicted octanol–water partition coefficient (Wildman–Crippen LogP) is 9.95. The zero-order valence-electron chi connectivity index (χ0n) is 25.2. The van der Waals surface area contributed by atoms with Crippen LogP contribution in [-0.2, 0) is 20.3 Å². The molecule has 2 heterocycles. The van der Waals surface area contributed by atoms with Crippen molar-refractivity contribution in [1.82, 2.24) is 0 Å². The van der Waals surface area contributed by atoms with Gasteiger partial charge in [0.1, 0.15) is 0 Å². The molecule has 228 valence electrons. The van der Waals surface area contributed by atoms with Crippen molar-refractivity contribution in [2.75, 3.05) is 13.2 Å². The van der Waals surface area contributed by atoms with Crippen LogP contribution in [-0.4, -0.2) is 33.3 Å². The third-order valence-corrected chi connectivity index (χ3v) is 13.6. The van der Waals surface area contributed by atoms with E-state index in [2.05, 4.69) is 167 Å². The number of ether oxygens (including phenoxy) is 2. The fraction of sp³-hybridized carbons (Fsp3) is 0.400. The Kier molecular flexibility index (Phi) is 9.51. The fourth-order valence-electron chi connectivity index (χ4n) is 8.86. The lowest BCUT2D eigenvalue weighted by Crippen LogP contribution is -2.42. The molecule has 4 fully saturated rings. The smallest absolute Gasteiger partial charge is 0.0733 e. The van der Waals surface area contributed by atoms with Crippen molar-refractivity contribution >= 4 is 45.2 Å². The van der Waals surface area contributed by atoms with Gasteiger partial charge in [-0.1, -0.05) is 179 Å². The van der Waals surface area contributed by atoms with Gasteiger partial charge < -0.3 is 9.47 Å². The monoisotopic (exact) mass is 808 g/mol. The number of fused-ring (bicyclic) bond motifs is 2. The van der Waals surface area contributed by atoms with Crippen LogP contribution in [0.4, 0.5) is 0 Å². The average molecular weight is 809 g/mol. The third-order valence-electron chi connectivity index (χ3n) is 10.9. The van der Waals surface area contributed by atoms with Gasteiger partial charge in [0, 0.05) is 30.5 Å². The van der Waals surface area contributed by atoms with Crippen LogP contribution >= 0.6 is 45.2 Å². The standard InChI is InChI=1S/2C20H21IO/c2*21-18-13-7-12-17-19(18)22-14-20(17,15-8-3-1-4-9-15)16-10-5-2-6-11-16/h2*1-6,8-11,17-19H,7,12-14H2/t2*17-,18-,19-/m10/s1. The highest BCUT2D eigenvalue weighted by Gasteiger charge is 2.55. The Hall–Kier alpha value is -1.74. The summed E-state index contributed by atoms with van der Waals surface area (Å²) in [5.41, 5.74) is 5.71. The quantitative estimate of drug-likeness (QED) is 0.151. The van der Waals surface area contributed by atoms with Crippen molar-refractivity contribution in [3.8, 4) is 0 Å². The van der Waals surface area contributed by atoms with E-state index in [1.54, 1.807) is 0 Å². The minimum absolute atomic E-state index is 0.0248. The molecule has 44 heavy (non-hydrogen) atoms. The van der Waals surface area contributed by atoms with Gasteiger partial charge >= 0.3 is 0 Å². The van der Waals surface area contributed by atoms with Gasteiger partial charge in [0.15, 0.2) is 0 Å². The molecule has 2 saturated carbocycles. The Bertz CT molecular complexity index is 1290. The normalized spacial score (nSPS) is 30.0. The van der Waals surface area contributed by atoms with Gasteiger partial charge in [0.05, 0.1) is 25.4 Å². The molecule has 4 aliphatic rings. The molecule has 0 spiro atoms. The molecule has 2 aliphatic carbocycles. The Balaban J connectivity index is 0.000000142. The fourth-order valence-corrected chi connectivity index (χ4v) is 11.2. The van der Waals surface area contributed by atoms with Gasteiger partial charge in [-0.3, -0.25) is 0 Å². The van der Waals surface area contributed by atoms with E-state index in [0.717, 1.165) is 13.2 Å². The predicted molar refractivity (Wildman–Crippen MR) is 197 cm³/mol. The van der Waals surface area contributed by atoms with E-state index in [1.165, 1.54) is 60.8 Å². The van der Waals surface area contributed by atoms with Gasteiger partial charge in [-0.05, 0) is 47.9 Å². The molecule has 4 aromatic carbocycles. The van der Waals surface area contributed by atoms with E-state index in [1.807, 2.05) is 0 Å². The first kappa shape index (κ1) is 30.9. The highest BCUT2D eigenvalue weighted by Crippen LogP contribution is 2.54. The number of rotatable bonds is 4. The summed E-state index contributed by atoms with van der Waals surface area (Å²) in [5, 5.41) is 0. The van der Waals surface area contributed by atoms with E-state index in [0.29, 0.717) is 31.9 Å². The summed E-state index contributed by atoms with van der Waals surface area (Å²) >= 11 is 5.21. The summed E-state index contributed by atoms with van der Waals surface area (Å²) in [7, 11) is 0. The minimum Gasteiger partial charge on any atom is -0.376 e.